The average molecular weight is 279 g/mol. The number of nitrogens with zero attached hydrogens (tertiary/aromatic N) is 2. The van der Waals surface area contributed by atoms with Crippen molar-refractivity contribution in [2.75, 3.05) is 46.3 Å². The first kappa shape index (κ1) is 14.8. The fourth-order valence-corrected chi connectivity index (χ4v) is 4.69. The normalized spacial score (nSPS) is 33.5. The van der Waals surface area contributed by atoms with Crippen LogP contribution in [0.1, 0.15) is 44.9 Å². The summed E-state index contributed by atoms with van der Waals surface area (Å²) in [6, 6.07) is 0.881. The van der Waals surface area contributed by atoms with Crippen molar-refractivity contribution in [3.05, 3.63) is 0 Å². The van der Waals surface area contributed by atoms with Crippen molar-refractivity contribution < 1.29 is 0 Å². The third-order valence-corrected chi connectivity index (χ3v) is 5.94. The van der Waals surface area contributed by atoms with Gasteiger partial charge in [0.25, 0.3) is 0 Å². The molecule has 20 heavy (non-hydrogen) atoms. The Kier molecular flexibility index (Phi) is 5.36. The second-order valence-corrected chi connectivity index (χ2v) is 7.39. The van der Waals surface area contributed by atoms with Gasteiger partial charge in [-0.3, -0.25) is 0 Å². The minimum Gasteiger partial charge on any atom is -0.315 e. The van der Waals surface area contributed by atoms with Crippen molar-refractivity contribution in [2.24, 2.45) is 11.8 Å². The molecule has 116 valence electrons. The molecule has 1 N–H and O–H groups in total. The molecule has 3 nitrogen and oxygen atoms in total. The Hall–Kier alpha value is -0.120. The molecule has 0 bridgehead atoms. The molecule has 1 aliphatic carbocycles. The molecule has 3 fully saturated rings. The summed E-state index contributed by atoms with van der Waals surface area (Å²) in [6.45, 7) is 7.72. The highest BCUT2D eigenvalue weighted by Crippen LogP contribution is 2.29. The van der Waals surface area contributed by atoms with Crippen LogP contribution in [0.4, 0.5) is 0 Å². The van der Waals surface area contributed by atoms with Crippen LogP contribution in [0.25, 0.3) is 0 Å². The molecule has 2 aliphatic heterocycles. The van der Waals surface area contributed by atoms with Crippen LogP contribution < -0.4 is 5.32 Å². The maximum atomic E-state index is 3.70. The molecule has 0 aromatic heterocycles. The Bertz CT molecular complexity index is 288. The fourth-order valence-electron chi connectivity index (χ4n) is 4.69. The van der Waals surface area contributed by atoms with E-state index in [-0.39, 0.29) is 0 Å². The van der Waals surface area contributed by atoms with Crippen LogP contribution in [0.2, 0.25) is 0 Å². The van der Waals surface area contributed by atoms with Gasteiger partial charge in [0, 0.05) is 25.7 Å². The van der Waals surface area contributed by atoms with E-state index in [9.17, 15) is 0 Å². The molecule has 2 unspecified atom stereocenters. The van der Waals surface area contributed by atoms with Gasteiger partial charge in [-0.05, 0) is 70.6 Å². The Labute approximate surface area is 125 Å². The Balaban J connectivity index is 1.32. The van der Waals surface area contributed by atoms with Crippen LogP contribution in [-0.4, -0.2) is 62.2 Å². The number of hydrogen-bond donors (Lipinski definition) is 1. The highest BCUT2D eigenvalue weighted by Gasteiger charge is 2.33. The molecule has 2 heterocycles. The quantitative estimate of drug-likeness (QED) is 0.778. The largest absolute Gasteiger partial charge is 0.315 e. The molecule has 0 spiro atoms. The van der Waals surface area contributed by atoms with E-state index in [1.165, 1.54) is 84.2 Å². The number of fused-ring (bicyclic) bond motifs is 1. The molecule has 0 amide bonds. The zero-order valence-corrected chi connectivity index (χ0v) is 13.3. The van der Waals surface area contributed by atoms with Gasteiger partial charge in [0.15, 0.2) is 0 Å². The van der Waals surface area contributed by atoms with E-state index in [4.69, 9.17) is 0 Å². The van der Waals surface area contributed by atoms with Gasteiger partial charge in [0.1, 0.15) is 0 Å². The standard InChI is InChI=1S/C17H33N3/c1-19-10-4-7-16-14-20(11-8-17(16)19)12-9-18-13-15-5-2-3-6-15/h15-18H,2-14H2,1H3. The molecule has 3 aliphatic rings. The first-order valence-electron chi connectivity index (χ1n) is 8.96. The smallest absolute Gasteiger partial charge is 0.0145 e. The minimum absolute atomic E-state index is 0.881. The van der Waals surface area contributed by atoms with Gasteiger partial charge >= 0.3 is 0 Å². The zero-order chi connectivity index (χ0) is 13.8. The summed E-state index contributed by atoms with van der Waals surface area (Å²) in [5.41, 5.74) is 0. The average Bonchev–Trinajstić information content (AvgIpc) is 2.97. The summed E-state index contributed by atoms with van der Waals surface area (Å²) >= 11 is 0. The van der Waals surface area contributed by atoms with E-state index < -0.39 is 0 Å². The number of rotatable bonds is 5. The Morgan fingerprint density at radius 2 is 1.85 bits per heavy atom. The van der Waals surface area contributed by atoms with Crippen LogP contribution in [0.5, 0.6) is 0 Å². The zero-order valence-electron chi connectivity index (χ0n) is 13.3. The van der Waals surface area contributed by atoms with Gasteiger partial charge in [-0.2, -0.15) is 0 Å². The number of nitrogens with one attached hydrogen (secondary N) is 1. The van der Waals surface area contributed by atoms with Gasteiger partial charge in [-0.15, -0.1) is 0 Å². The molecule has 2 atom stereocenters. The van der Waals surface area contributed by atoms with E-state index >= 15 is 0 Å². The fraction of sp³-hybridized carbons (Fsp3) is 1.00. The van der Waals surface area contributed by atoms with Crippen LogP contribution in [0.15, 0.2) is 0 Å². The third-order valence-electron chi connectivity index (χ3n) is 5.94. The molecular weight excluding hydrogens is 246 g/mol. The first-order chi connectivity index (χ1) is 9.83. The van der Waals surface area contributed by atoms with E-state index in [0.717, 1.165) is 17.9 Å². The lowest BCUT2D eigenvalue weighted by atomic mass is 9.84. The van der Waals surface area contributed by atoms with E-state index in [2.05, 4.69) is 22.2 Å². The van der Waals surface area contributed by atoms with Crippen molar-refractivity contribution in [1.82, 2.24) is 15.1 Å². The monoisotopic (exact) mass is 279 g/mol. The summed E-state index contributed by atoms with van der Waals surface area (Å²) in [4.78, 5) is 5.33. The first-order valence-corrected chi connectivity index (χ1v) is 8.96. The second-order valence-electron chi connectivity index (χ2n) is 7.39. The summed E-state index contributed by atoms with van der Waals surface area (Å²) in [5.74, 6) is 1.92. The van der Waals surface area contributed by atoms with Crippen LogP contribution in [0.3, 0.4) is 0 Å². The molecule has 3 heteroatoms. The molecule has 0 aromatic carbocycles. The van der Waals surface area contributed by atoms with Gasteiger partial charge in [0.05, 0.1) is 0 Å². The molecule has 1 saturated carbocycles. The summed E-state index contributed by atoms with van der Waals surface area (Å²) in [5, 5.41) is 3.70. The van der Waals surface area contributed by atoms with Crippen molar-refractivity contribution >= 4 is 0 Å². The minimum atomic E-state index is 0.881. The van der Waals surface area contributed by atoms with Crippen LogP contribution in [0, 0.1) is 11.8 Å². The van der Waals surface area contributed by atoms with E-state index in [0.29, 0.717) is 0 Å². The predicted octanol–water partition coefficient (Wildman–Crippen LogP) is 2.18. The van der Waals surface area contributed by atoms with Gasteiger partial charge in [-0.25, -0.2) is 0 Å². The predicted molar refractivity (Wildman–Crippen MR) is 85.0 cm³/mol. The SMILES string of the molecule is CN1CCCC2CN(CCNCC3CCCC3)CCC21. The molecular formula is C17H33N3. The summed E-state index contributed by atoms with van der Waals surface area (Å²) in [6.07, 6.45) is 10.1. The van der Waals surface area contributed by atoms with E-state index in [1.807, 2.05) is 0 Å². The van der Waals surface area contributed by atoms with Crippen molar-refractivity contribution in [3.8, 4) is 0 Å². The van der Waals surface area contributed by atoms with Crippen LogP contribution >= 0.6 is 0 Å². The third kappa shape index (κ3) is 3.75. The van der Waals surface area contributed by atoms with Crippen molar-refractivity contribution in [1.29, 1.82) is 0 Å². The van der Waals surface area contributed by atoms with Gasteiger partial charge in [-0.1, -0.05) is 12.8 Å². The molecule has 0 radical (unpaired) electrons. The van der Waals surface area contributed by atoms with E-state index in [1.54, 1.807) is 0 Å². The summed E-state index contributed by atoms with van der Waals surface area (Å²) in [7, 11) is 2.33. The lowest BCUT2D eigenvalue weighted by Crippen LogP contribution is -2.53. The van der Waals surface area contributed by atoms with Crippen LogP contribution in [-0.2, 0) is 0 Å². The topological polar surface area (TPSA) is 18.5 Å². The number of piperidine rings is 2. The number of hydrogen-bond acceptors (Lipinski definition) is 3. The maximum absolute atomic E-state index is 3.70. The highest BCUT2D eigenvalue weighted by molar-refractivity contribution is 4.89. The highest BCUT2D eigenvalue weighted by atomic mass is 15.2. The number of likely N-dealkylation sites (tertiary alicyclic amines) is 2. The van der Waals surface area contributed by atoms with Crippen molar-refractivity contribution in [2.45, 2.75) is 51.0 Å². The molecule has 3 rings (SSSR count). The Morgan fingerprint density at radius 3 is 2.70 bits per heavy atom. The van der Waals surface area contributed by atoms with Gasteiger partial charge < -0.3 is 15.1 Å². The molecule has 0 aromatic rings. The second kappa shape index (κ2) is 7.24. The lowest BCUT2D eigenvalue weighted by molar-refractivity contribution is 0.0390. The van der Waals surface area contributed by atoms with Gasteiger partial charge in [0.2, 0.25) is 0 Å². The Morgan fingerprint density at radius 1 is 1.00 bits per heavy atom. The van der Waals surface area contributed by atoms with Crippen molar-refractivity contribution in [3.63, 3.8) is 0 Å². The maximum Gasteiger partial charge on any atom is 0.0145 e. The lowest BCUT2D eigenvalue weighted by Gasteiger charge is -2.46. The molecule has 2 saturated heterocycles. The summed E-state index contributed by atoms with van der Waals surface area (Å²) < 4.78 is 0.